The van der Waals surface area contributed by atoms with Gasteiger partial charge in [-0.25, -0.2) is 4.98 Å². The van der Waals surface area contributed by atoms with Crippen LogP contribution >= 0.6 is 11.8 Å². The largest absolute Gasteiger partial charge is 0.350 e. The summed E-state index contributed by atoms with van der Waals surface area (Å²) in [6, 6.07) is 7.35. The topological polar surface area (TPSA) is 64.0 Å². The summed E-state index contributed by atoms with van der Waals surface area (Å²) in [6.45, 7) is 4.14. The summed E-state index contributed by atoms with van der Waals surface area (Å²) in [5, 5.41) is 4.58. The quantitative estimate of drug-likeness (QED) is 0.448. The molecule has 0 radical (unpaired) electrons. The first kappa shape index (κ1) is 18.9. The number of benzene rings is 1. The molecule has 1 aromatic carbocycles. The van der Waals surface area contributed by atoms with Crippen LogP contribution in [-0.2, 0) is 11.3 Å². The number of carbonyl (C=O) groups is 1. The third-order valence-electron chi connectivity index (χ3n) is 6.91. The van der Waals surface area contributed by atoms with Gasteiger partial charge in [-0.1, -0.05) is 30.0 Å². The third-order valence-corrected chi connectivity index (χ3v) is 7.89. The van der Waals surface area contributed by atoms with Gasteiger partial charge >= 0.3 is 0 Å². The van der Waals surface area contributed by atoms with Crippen LogP contribution in [0.3, 0.4) is 0 Å². The molecule has 6 rings (SSSR count). The zero-order valence-corrected chi connectivity index (χ0v) is 17.4. The van der Waals surface area contributed by atoms with E-state index in [0.29, 0.717) is 22.6 Å². The highest BCUT2D eigenvalue weighted by molar-refractivity contribution is 7.99. The molecule has 5 nitrogen and oxygen atoms in total. The van der Waals surface area contributed by atoms with Crippen LogP contribution < -0.4 is 10.9 Å². The molecule has 0 spiro atoms. The Morgan fingerprint density at radius 2 is 1.86 bits per heavy atom. The van der Waals surface area contributed by atoms with Gasteiger partial charge in [0.1, 0.15) is 0 Å². The minimum Gasteiger partial charge on any atom is -0.350 e. The molecule has 6 heteroatoms. The van der Waals surface area contributed by atoms with Crippen molar-refractivity contribution < 1.29 is 4.79 Å². The summed E-state index contributed by atoms with van der Waals surface area (Å²) in [5.74, 6) is 2.74. The number of rotatable bonds is 6. The molecule has 1 aromatic heterocycles. The van der Waals surface area contributed by atoms with E-state index in [9.17, 15) is 9.59 Å². The van der Waals surface area contributed by atoms with Gasteiger partial charge in [0.2, 0.25) is 5.91 Å². The summed E-state index contributed by atoms with van der Waals surface area (Å²) in [4.78, 5) is 30.3. The Balaban J connectivity index is 1.33. The van der Waals surface area contributed by atoms with Gasteiger partial charge < -0.3 is 5.32 Å². The van der Waals surface area contributed by atoms with Gasteiger partial charge in [-0.2, -0.15) is 0 Å². The second-order valence-electron chi connectivity index (χ2n) is 9.15. The maximum Gasteiger partial charge on any atom is 0.262 e. The summed E-state index contributed by atoms with van der Waals surface area (Å²) < 4.78 is 1.61. The number of amides is 1. The van der Waals surface area contributed by atoms with E-state index in [2.05, 4.69) is 16.9 Å². The fraction of sp³-hybridized carbons (Fsp3) is 0.522. The van der Waals surface area contributed by atoms with Gasteiger partial charge in [-0.15, -0.1) is 6.58 Å². The highest BCUT2D eigenvalue weighted by atomic mass is 32.2. The minimum absolute atomic E-state index is 0.0178. The zero-order chi connectivity index (χ0) is 20.0. The molecule has 0 saturated heterocycles. The van der Waals surface area contributed by atoms with Crippen molar-refractivity contribution in [1.82, 2.24) is 14.9 Å². The van der Waals surface area contributed by atoms with Crippen LogP contribution in [0.2, 0.25) is 0 Å². The Hall–Kier alpha value is -2.08. The molecular weight excluding hydrogens is 382 g/mol. The van der Waals surface area contributed by atoms with Crippen LogP contribution in [0, 0.1) is 17.8 Å². The Morgan fingerprint density at radius 3 is 2.52 bits per heavy atom. The summed E-state index contributed by atoms with van der Waals surface area (Å²) in [6.07, 6.45) is 9.20. The maximum absolute atomic E-state index is 12.9. The van der Waals surface area contributed by atoms with Crippen LogP contribution in [0.5, 0.6) is 0 Å². The van der Waals surface area contributed by atoms with Crippen LogP contribution in [-0.4, -0.2) is 26.8 Å². The third kappa shape index (κ3) is 3.52. The first-order valence-electron chi connectivity index (χ1n) is 10.6. The molecule has 1 N–H and O–H groups in total. The van der Waals surface area contributed by atoms with Gasteiger partial charge in [-0.05, 0) is 68.4 Å². The summed E-state index contributed by atoms with van der Waals surface area (Å²) >= 11 is 1.34. The van der Waals surface area contributed by atoms with E-state index < -0.39 is 0 Å². The molecule has 4 aliphatic carbocycles. The fourth-order valence-corrected chi connectivity index (χ4v) is 7.08. The van der Waals surface area contributed by atoms with Crippen LogP contribution in [0.25, 0.3) is 10.9 Å². The number of hydrogen-bond acceptors (Lipinski definition) is 4. The van der Waals surface area contributed by atoms with Gasteiger partial charge in [0, 0.05) is 12.1 Å². The molecule has 1 heterocycles. The highest BCUT2D eigenvalue weighted by Crippen LogP contribution is 2.55. The van der Waals surface area contributed by atoms with Crippen molar-refractivity contribution in [3.05, 3.63) is 47.3 Å². The number of allylic oxidation sites excluding steroid dienone is 1. The number of fused-ring (bicyclic) bond motifs is 1. The molecule has 4 saturated carbocycles. The van der Waals surface area contributed by atoms with Gasteiger partial charge in [0.15, 0.2) is 5.16 Å². The van der Waals surface area contributed by atoms with E-state index in [0.717, 1.165) is 37.0 Å². The van der Waals surface area contributed by atoms with Gasteiger partial charge in [0.05, 0.1) is 16.7 Å². The van der Waals surface area contributed by atoms with Crippen molar-refractivity contribution in [2.75, 3.05) is 5.75 Å². The lowest BCUT2D eigenvalue weighted by atomic mass is 9.53. The fourth-order valence-electron chi connectivity index (χ4n) is 6.27. The van der Waals surface area contributed by atoms with E-state index in [1.807, 2.05) is 18.2 Å². The molecule has 152 valence electrons. The Kier molecular flexibility index (Phi) is 4.77. The normalized spacial score (nSPS) is 29.9. The smallest absolute Gasteiger partial charge is 0.262 e. The first-order valence-corrected chi connectivity index (χ1v) is 11.6. The minimum atomic E-state index is -0.0838. The Bertz CT molecular complexity index is 993. The second-order valence-corrected chi connectivity index (χ2v) is 10.1. The average molecular weight is 410 g/mol. The number of aromatic nitrogens is 2. The predicted molar refractivity (Wildman–Crippen MR) is 116 cm³/mol. The summed E-state index contributed by atoms with van der Waals surface area (Å²) in [5.41, 5.74) is 0.602. The monoisotopic (exact) mass is 409 g/mol. The Labute approximate surface area is 175 Å². The van der Waals surface area contributed by atoms with Crippen molar-refractivity contribution >= 4 is 28.6 Å². The highest BCUT2D eigenvalue weighted by Gasteiger charge is 2.51. The molecular formula is C23H27N3O2S. The SMILES string of the molecule is C=CCn1c(SCC(=O)NC23CC4CC(CC(C4)C2)C3)nc2ccccc2c1=O. The molecule has 2 aromatic rings. The van der Waals surface area contributed by atoms with Crippen LogP contribution in [0.1, 0.15) is 38.5 Å². The predicted octanol–water partition coefficient (Wildman–Crippen LogP) is 3.76. The maximum atomic E-state index is 12.9. The number of nitrogens with zero attached hydrogens (tertiary/aromatic N) is 2. The van der Waals surface area contributed by atoms with Crippen molar-refractivity contribution in [2.45, 2.75) is 55.8 Å². The molecule has 29 heavy (non-hydrogen) atoms. The van der Waals surface area contributed by atoms with E-state index in [1.54, 1.807) is 16.7 Å². The van der Waals surface area contributed by atoms with Gasteiger partial charge in [0.25, 0.3) is 5.56 Å². The van der Waals surface area contributed by atoms with E-state index >= 15 is 0 Å². The van der Waals surface area contributed by atoms with Crippen molar-refractivity contribution in [3.8, 4) is 0 Å². The molecule has 4 bridgehead atoms. The molecule has 0 unspecified atom stereocenters. The van der Waals surface area contributed by atoms with Crippen LogP contribution in [0.15, 0.2) is 46.9 Å². The van der Waals surface area contributed by atoms with Crippen molar-refractivity contribution in [1.29, 1.82) is 0 Å². The van der Waals surface area contributed by atoms with Crippen molar-refractivity contribution in [3.63, 3.8) is 0 Å². The molecule has 1 amide bonds. The number of thioether (sulfide) groups is 1. The first-order chi connectivity index (χ1) is 14.0. The molecule has 0 atom stereocenters. The molecule has 4 fully saturated rings. The standard InChI is InChI=1S/C23H27N3O2S/c1-2-7-26-21(28)18-5-3-4-6-19(18)24-22(26)29-14-20(27)25-23-11-15-8-16(12-23)10-17(9-15)13-23/h2-6,15-17H,1,7-14H2,(H,25,27). The van der Waals surface area contributed by atoms with Gasteiger partial charge in [-0.3, -0.25) is 14.2 Å². The van der Waals surface area contributed by atoms with E-state index in [4.69, 9.17) is 0 Å². The summed E-state index contributed by atoms with van der Waals surface area (Å²) in [7, 11) is 0. The second kappa shape index (κ2) is 7.31. The lowest BCUT2D eigenvalue weighted by Gasteiger charge is -2.56. The lowest BCUT2D eigenvalue weighted by Crippen LogP contribution is -2.60. The molecule has 0 aliphatic heterocycles. The zero-order valence-electron chi connectivity index (χ0n) is 16.6. The molecule has 4 aliphatic rings. The lowest BCUT2D eigenvalue weighted by molar-refractivity contribution is -0.124. The number of para-hydroxylation sites is 1. The number of carbonyl (C=O) groups excluding carboxylic acids is 1. The number of nitrogens with one attached hydrogen (secondary N) is 1. The number of hydrogen-bond donors (Lipinski definition) is 1. The van der Waals surface area contributed by atoms with E-state index in [-0.39, 0.29) is 22.8 Å². The Morgan fingerprint density at radius 1 is 1.21 bits per heavy atom. The van der Waals surface area contributed by atoms with Crippen molar-refractivity contribution in [2.24, 2.45) is 17.8 Å². The van der Waals surface area contributed by atoms with E-state index in [1.165, 1.54) is 31.0 Å². The average Bonchev–Trinajstić information content (AvgIpc) is 2.67. The van der Waals surface area contributed by atoms with Crippen LogP contribution in [0.4, 0.5) is 0 Å².